The monoisotopic (exact) mass is 419 g/mol. The Morgan fingerprint density at radius 1 is 1.28 bits per heavy atom. The third-order valence-electron chi connectivity index (χ3n) is 5.15. The van der Waals surface area contributed by atoms with Gasteiger partial charge in [0.1, 0.15) is 11.4 Å². The molecule has 0 saturated heterocycles. The maximum atomic E-state index is 13.0. The smallest absolute Gasteiger partial charge is 0.325 e. The van der Waals surface area contributed by atoms with Crippen LogP contribution in [0.25, 0.3) is 22.6 Å². The average Bonchev–Trinajstić information content (AvgIpc) is 3.44. The molecule has 10 heteroatoms. The number of pyridine rings is 2. The Hall–Kier alpha value is -2.80. The number of fused-ring (bicyclic) bond motifs is 1. The minimum absolute atomic E-state index is 0.125. The van der Waals surface area contributed by atoms with Gasteiger partial charge in [0.25, 0.3) is 0 Å². The first-order valence-corrected chi connectivity index (χ1v) is 10.2. The lowest BCUT2D eigenvalue weighted by Gasteiger charge is -2.12. The summed E-state index contributed by atoms with van der Waals surface area (Å²) in [6.45, 7) is 1.76. The lowest BCUT2D eigenvalue weighted by Crippen LogP contribution is -2.09. The second kappa shape index (κ2) is 6.62. The van der Waals surface area contributed by atoms with E-state index in [0.717, 1.165) is 25.1 Å². The molecule has 6 nitrogen and oxygen atoms in total. The number of aryl methyl sites for hydroxylation is 1. The molecule has 1 aliphatic rings. The van der Waals surface area contributed by atoms with Gasteiger partial charge in [0.05, 0.1) is 44.4 Å². The highest BCUT2D eigenvalue weighted by Crippen LogP contribution is 2.48. The quantitative estimate of drug-likeness (QED) is 0.643. The molecule has 1 aliphatic carbocycles. The Balaban J connectivity index is 1.90. The Morgan fingerprint density at radius 2 is 2.00 bits per heavy atom. The molecule has 0 radical (unpaired) electrons. The molecule has 3 aromatic rings. The summed E-state index contributed by atoms with van der Waals surface area (Å²) in [6, 6.07) is 4.90. The number of aromatic nitrogens is 4. The van der Waals surface area contributed by atoms with Crippen LogP contribution in [0.15, 0.2) is 29.4 Å². The van der Waals surface area contributed by atoms with Crippen molar-refractivity contribution in [2.24, 2.45) is 7.05 Å². The molecule has 0 unspecified atom stereocenters. The lowest BCUT2D eigenvalue weighted by atomic mass is 9.99. The van der Waals surface area contributed by atoms with Crippen LogP contribution in [-0.4, -0.2) is 29.5 Å². The van der Waals surface area contributed by atoms with E-state index in [1.165, 1.54) is 0 Å². The number of halogens is 3. The Kier molecular flexibility index (Phi) is 4.46. The highest BCUT2D eigenvalue weighted by atomic mass is 32.2. The first-order chi connectivity index (χ1) is 13.7. The second-order valence-corrected chi connectivity index (χ2v) is 8.66. The van der Waals surface area contributed by atoms with E-state index >= 15 is 0 Å². The van der Waals surface area contributed by atoms with Crippen LogP contribution in [0.4, 0.5) is 13.2 Å². The normalized spacial score (nSPS) is 16.6. The summed E-state index contributed by atoms with van der Waals surface area (Å²) < 4.78 is 53.2. The number of rotatable bonds is 4. The zero-order chi connectivity index (χ0) is 21.0. The van der Waals surface area contributed by atoms with E-state index in [1.807, 2.05) is 0 Å². The molecule has 29 heavy (non-hydrogen) atoms. The van der Waals surface area contributed by atoms with Gasteiger partial charge in [0.15, 0.2) is 5.82 Å². The maximum absolute atomic E-state index is 13.0. The van der Waals surface area contributed by atoms with Gasteiger partial charge in [-0.15, -0.1) is 0 Å². The number of hydrogen-bond donors (Lipinski definition) is 0. The van der Waals surface area contributed by atoms with Crippen molar-refractivity contribution < 1.29 is 17.4 Å². The van der Waals surface area contributed by atoms with Crippen LogP contribution < -0.4 is 0 Å². The molecule has 0 aromatic carbocycles. The summed E-state index contributed by atoms with van der Waals surface area (Å²) >= 11 is 0. The van der Waals surface area contributed by atoms with Gasteiger partial charge in [-0.2, -0.15) is 18.4 Å². The molecule has 0 aliphatic heterocycles. The number of nitriles is 1. The molecule has 0 bridgehead atoms. The van der Waals surface area contributed by atoms with E-state index in [9.17, 15) is 22.6 Å². The molecule has 150 valence electrons. The summed E-state index contributed by atoms with van der Waals surface area (Å²) in [5, 5.41) is 9.45. The van der Waals surface area contributed by atoms with Gasteiger partial charge in [-0.25, -0.2) is 9.97 Å². The third-order valence-corrected chi connectivity index (χ3v) is 6.47. The minimum atomic E-state index is -4.57. The van der Waals surface area contributed by atoms with E-state index in [-0.39, 0.29) is 5.52 Å². The fourth-order valence-corrected chi connectivity index (χ4v) is 4.18. The molecule has 1 fully saturated rings. The fraction of sp³-hybridized carbons (Fsp3) is 0.368. The molecule has 3 heterocycles. The number of nitrogens with zero attached hydrogens (tertiary/aromatic N) is 5. The fourth-order valence-electron chi connectivity index (χ4n) is 3.25. The number of imidazole rings is 1. The van der Waals surface area contributed by atoms with Crippen molar-refractivity contribution in [1.82, 2.24) is 19.5 Å². The Labute approximate surface area is 166 Å². The molecule has 1 atom stereocenters. The first kappa shape index (κ1) is 19.5. The van der Waals surface area contributed by atoms with Crippen LogP contribution in [0, 0.1) is 11.3 Å². The van der Waals surface area contributed by atoms with Crippen LogP contribution in [0.3, 0.4) is 0 Å². The molecular weight excluding hydrogens is 403 g/mol. The standard InChI is InChI=1S/C19H16F3N5OS/c1-3-29(28)14-6-11(18(10-23)4-5-18)8-25-16(14)17-26-12-7-15(19(20,21)22)24-9-13(12)27(17)2/h6-9H,3-5H2,1-2H3/t29-/m0/s1. The van der Waals surface area contributed by atoms with Gasteiger partial charge >= 0.3 is 6.18 Å². The number of hydrogen-bond acceptors (Lipinski definition) is 5. The van der Waals surface area contributed by atoms with Crippen LogP contribution in [0.1, 0.15) is 31.0 Å². The topological polar surface area (TPSA) is 84.5 Å². The summed E-state index contributed by atoms with van der Waals surface area (Å²) in [7, 11) is 0.253. The van der Waals surface area contributed by atoms with Crippen LogP contribution in [0.5, 0.6) is 0 Å². The zero-order valence-electron chi connectivity index (χ0n) is 15.6. The Bertz CT molecular complexity index is 1190. The van der Waals surface area contributed by atoms with Gasteiger partial charge < -0.3 is 4.57 Å². The van der Waals surface area contributed by atoms with E-state index in [1.54, 1.807) is 30.8 Å². The van der Waals surface area contributed by atoms with Crippen molar-refractivity contribution in [2.45, 2.75) is 36.3 Å². The van der Waals surface area contributed by atoms with E-state index < -0.39 is 28.1 Å². The van der Waals surface area contributed by atoms with Crippen LogP contribution in [0.2, 0.25) is 0 Å². The van der Waals surface area contributed by atoms with E-state index in [0.29, 0.717) is 33.2 Å². The van der Waals surface area contributed by atoms with Gasteiger partial charge in [0.2, 0.25) is 0 Å². The molecule has 0 amide bonds. The lowest BCUT2D eigenvalue weighted by molar-refractivity contribution is -0.141. The highest BCUT2D eigenvalue weighted by molar-refractivity contribution is 7.85. The van der Waals surface area contributed by atoms with Gasteiger partial charge in [-0.1, -0.05) is 6.92 Å². The van der Waals surface area contributed by atoms with Crippen molar-refractivity contribution in [2.75, 3.05) is 5.75 Å². The van der Waals surface area contributed by atoms with Crippen molar-refractivity contribution in [1.29, 1.82) is 5.26 Å². The Morgan fingerprint density at radius 3 is 2.59 bits per heavy atom. The maximum Gasteiger partial charge on any atom is 0.433 e. The molecule has 3 aromatic heterocycles. The predicted molar refractivity (Wildman–Crippen MR) is 100 cm³/mol. The largest absolute Gasteiger partial charge is 0.433 e. The van der Waals surface area contributed by atoms with Crippen LogP contribution in [-0.2, 0) is 29.4 Å². The SMILES string of the molecule is CC[S@](=O)c1cc(C2(C#N)CC2)cnc1-c1nc2cc(C(F)(F)F)ncc2n1C. The van der Waals surface area contributed by atoms with Crippen LogP contribution >= 0.6 is 0 Å². The molecular formula is C19H16F3N5OS. The summed E-state index contributed by atoms with van der Waals surface area (Å²) in [4.78, 5) is 12.7. The summed E-state index contributed by atoms with van der Waals surface area (Å²) in [5.41, 5.74) is -0.0477. The summed E-state index contributed by atoms with van der Waals surface area (Å²) in [5.74, 6) is 0.632. The van der Waals surface area contributed by atoms with Gasteiger partial charge in [-0.05, 0) is 30.5 Å². The number of alkyl halides is 3. The van der Waals surface area contributed by atoms with Crippen molar-refractivity contribution in [3.8, 4) is 17.6 Å². The predicted octanol–water partition coefficient (Wildman–Crippen LogP) is 3.73. The van der Waals surface area contributed by atoms with Gasteiger partial charge in [-0.3, -0.25) is 9.19 Å². The van der Waals surface area contributed by atoms with Gasteiger partial charge in [0, 0.05) is 19.0 Å². The molecule has 1 saturated carbocycles. The third kappa shape index (κ3) is 3.19. The van der Waals surface area contributed by atoms with E-state index in [2.05, 4.69) is 21.0 Å². The van der Waals surface area contributed by atoms with Crippen molar-refractivity contribution in [3.63, 3.8) is 0 Å². The first-order valence-electron chi connectivity index (χ1n) is 8.90. The molecule has 0 N–H and O–H groups in total. The van der Waals surface area contributed by atoms with Crippen molar-refractivity contribution >= 4 is 21.8 Å². The highest BCUT2D eigenvalue weighted by Gasteiger charge is 2.45. The minimum Gasteiger partial charge on any atom is -0.325 e. The van der Waals surface area contributed by atoms with Crippen molar-refractivity contribution in [3.05, 3.63) is 35.8 Å². The van der Waals surface area contributed by atoms with E-state index in [4.69, 9.17) is 0 Å². The average molecular weight is 419 g/mol. The zero-order valence-corrected chi connectivity index (χ0v) is 16.4. The molecule has 4 rings (SSSR count). The second-order valence-electron chi connectivity index (χ2n) is 6.95. The summed E-state index contributed by atoms with van der Waals surface area (Å²) in [6.07, 6.45) is -0.437. The molecule has 0 spiro atoms.